The number of nitrogens with one attached hydrogen (secondary N) is 2. The minimum Gasteiger partial charge on any atom is -0.367 e. The first kappa shape index (κ1) is 14.3. The molecule has 0 aromatic carbocycles. The second-order valence-corrected chi connectivity index (χ2v) is 6.02. The van der Waals surface area contributed by atoms with Crippen LogP contribution in [0.15, 0.2) is 12.7 Å². The van der Waals surface area contributed by atoms with Crippen molar-refractivity contribution in [1.29, 1.82) is 0 Å². The van der Waals surface area contributed by atoms with E-state index in [1.807, 2.05) is 6.33 Å². The van der Waals surface area contributed by atoms with Gasteiger partial charge in [0.25, 0.3) is 0 Å². The van der Waals surface area contributed by atoms with E-state index in [1.165, 1.54) is 25.7 Å². The Kier molecular flexibility index (Phi) is 4.34. The van der Waals surface area contributed by atoms with Gasteiger partial charge in [-0.05, 0) is 12.8 Å². The van der Waals surface area contributed by atoms with E-state index in [4.69, 9.17) is 0 Å². The van der Waals surface area contributed by atoms with Crippen LogP contribution in [0.5, 0.6) is 0 Å². The van der Waals surface area contributed by atoms with Crippen molar-refractivity contribution in [2.75, 3.05) is 18.4 Å². The highest BCUT2D eigenvalue weighted by Crippen LogP contribution is 2.32. The van der Waals surface area contributed by atoms with E-state index in [2.05, 4.69) is 44.0 Å². The summed E-state index contributed by atoms with van der Waals surface area (Å²) in [5, 5.41) is 6.74. The van der Waals surface area contributed by atoms with Crippen LogP contribution in [0.1, 0.15) is 45.6 Å². The van der Waals surface area contributed by atoms with Gasteiger partial charge in [0, 0.05) is 25.2 Å². The number of imidazole rings is 1. The summed E-state index contributed by atoms with van der Waals surface area (Å²) >= 11 is 0. The largest absolute Gasteiger partial charge is 0.367 e. The molecule has 114 valence electrons. The van der Waals surface area contributed by atoms with Crippen molar-refractivity contribution in [1.82, 2.24) is 24.8 Å². The molecule has 6 heteroatoms. The third kappa shape index (κ3) is 3.15. The van der Waals surface area contributed by atoms with Crippen LogP contribution in [0.2, 0.25) is 0 Å². The number of hydrogen-bond acceptors (Lipinski definition) is 5. The SMILES string of the molecule is CC(C)NCCNc1ncnc2c1ncn2C1CCCC1. The molecule has 0 saturated heterocycles. The Morgan fingerprint density at radius 1 is 1.19 bits per heavy atom. The maximum Gasteiger partial charge on any atom is 0.165 e. The van der Waals surface area contributed by atoms with Crippen molar-refractivity contribution in [3.63, 3.8) is 0 Å². The van der Waals surface area contributed by atoms with Crippen LogP contribution in [0.3, 0.4) is 0 Å². The van der Waals surface area contributed by atoms with Crippen molar-refractivity contribution in [2.45, 2.75) is 51.6 Å². The molecule has 1 aliphatic rings. The predicted octanol–water partition coefficient (Wildman–Crippen LogP) is 2.35. The summed E-state index contributed by atoms with van der Waals surface area (Å²) in [6.07, 6.45) is 8.64. The molecule has 0 unspecified atom stereocenters. The fraction of sp³-hybridized carbons (Fsp3) is 0.667. The average Bonchev–Trinajstić information content (AvgIpc) is 3.11. The van der Waals surface area contributed by atoms with Gasteiger partial charge < -0.3 is 15.2 Å². The molecule has 21 heavy (non-hydrogen) atoms. The van der Waals surface area contributed by atoms with Crippen LogP contribution in [0.25, 0.3) is 11.2 Å². The number of anilines is 1. The first-order valence-electron chi connectivity index (χ1n) is 7.90. The summed E-state index contributed by atoms with van der Waals surface area (Å²) in [4.78, 5) is 13.3. The second-order valence-electron chi connectivity index (χ2n) is 6.02. The molecular weight excluding hydrogens is 264 g/mol. The molecule has 0 aliphatic heterocycles. The maximum absolute atomic E-state index is 4.53. The fourth-order valence-corrected chi connectivity index (χ4v) is 2.97. The van der Waals surface area contributed by atoms with Crippen molar-refractivity contribution >= 4 is 17.0 Å². The molecule has 2 N–H and O–H groups in total. The predicted molar refractivity (Wildman–Crippen MR) is 84.5 cm³/mol. The van der Waals surface area contributed by atoms with Gasteiger partial charge in [0.2, 0.25) is 0 Å². The number of nitrogens with zero attached hydrogens (tertiary/aromatic N) is 4. The molecule has 0 spiro atoms. The summed E-state index contributed by atoms with van der Waals surface area (Å²) in [6, 6.07) is 1.05. The zero-order valence-corrected chi connectivity index (χ0v) is 12.8. The molecule has 0 bridgehead atoms. The summed E-state index contributed by atoms with van der Waals surface area (Å²) < 4.78 is 2.22. The van der Waals surface area contributed by atoms with E-state index in [0.717, 1.165) is 30.1 Å². The Morgan fingerprint density at radius 3 is 2.76 bits per heavy atom. The third-order valence-corrected chi connectivity index (χ3v) is 4.05. The Morgan fingerprint density at radius 2 is 2.00 bits per heavy atom. The van der Waals surface area contributed by atoms with Gasteiger partial charge in [-0.25, -0.2) is 15.0 Å². The van der Waals surface area contributed by atoms with Gasteiger partial charge in [-0.15, -0.1) is 0 Å². The Hall–Kier alpha value is -1.69. The maximum atomic E-state index is 4.53. The molecule has 2 aromatic rings. The van der Waals surface area contributed by atoms with Crippen LogP contribution < -0.4 is 10.6 Å². The smallest absolute Gasteiger partial charge is 0.165 e. The molecule has 0 radical (unpaired) electrons. The molecule has 6 nitrogen and oxygen atoms in total. The van der Waals surface area contributed by atoms with Gasteiger partial charge in [-0.3, -0.25) is 0 Å². The van der Waals surface area contributed by atoms with Gasteiger partial charge in [-0.1, -0.05) is 26.7 Å². The van der Waals surface area contributed by atoms with Gasteiger partial charge in [-0.2, -0.15) is 0 Å². The molecule has 1 fully saturated rings. The van der Waals surface area contributed by atoms with Crippen molar-refractivity contribution in [3.05, 3.63) is 12.7 Å². The third-order valence-electron chi connectivity index (χ3n) is 4.05. The number of hydrogen-bond donors (Lipinski definition) is 2. The second kappa shape index (κ2) is 6.39. The van der Waals surface area contributed by atoms with Gasteiger partial charge in [0.15, 0.2) is 11.5 Å². The van der Waals surface area contributed by atoms with Crippen LogP contribution in [-0.4, -0.2) is 38.7 Å². The normalized spacial score (nSPS) is 16.1. The van der Waals surface area contributed by atoms with Crippen molar-refractivity contribution in [2.24, 2.45) is 0 Å². The van der Waals surface area contributed by atoms with E-state index in [-0.39, 0.29) is 0 Å². The van der Waals surface area contributed by atoms with Gasteiger partial charge in [0.05, 0.1) is 6.33 Å². The van der Waals surface area contributed by atoms with Gasteiger partial charge in [0.1, 0.15) is 11.8 Å². The molecule has 1 saturated carbocycles. The lowest BCUT2D eigenvalue weighted by atomic mass is 10.2. The van der Waals surface area contributed by atoms with Crippen LogP contribution in [-0.2, 0) is 0 Å². The lowest BCUT2D eigenvalue weighted by Gasteiger charge is -2.12. The first-order chi connectivity index (χ1) is 10.3. The van der Waals surface area contributed by atoms with Crippen molar-refractivity contribution < 1.29 is 0 Å². The molecule has 0 amide bonds. The lowest BCUT2D eigenvalue weighted by Crippen LogP contribution is -2.28. The number of rotatable bonds is 6. The molecular formula is C15H24N6. The average molecular weight is 288 g/mol. The number of aromatic nitrogens is 4. The summed E-state index contributed by atoms with van der Waals surface area (Å²) in [7, 11) is 0. The zero-order chi connectivity index (χ0) is 14.7. The molecule has 2 aromatic heterocycles. The quantitative estimate of drug-likeness (QED) is 0.799. The Balaban J connectivity index is 1.74. The van der Waals surface area contributed by atoms with Crippen LogP contribution in [0.4, 0.5) is 5.82 Å². The standard InChI is InChI=1S/C15H24N6/c1-11(2)16-7-8-17-14-13-15(19-9-18-14)21(10-20-13)12-5-3-4-6-12/h9-12,16H,3-8H2,1-2H3,(H,17,18,19). The van der Waals surface area contributed by atoms with Crippen LogP contribution >= 0.6 is 0 Å². The molecule has 0 atom stereocenters. The first-order valence-corrected chi connectivity index (χ1v) is 7.90. The summed E-state index contributed by atoms with van der Waals surface area (Å²) in [6.45, 7) is 6.03. The molecule has 1 aliphatic carbocycles. The lowest BCUT2D eigenvalue weighted by molar-refractivity contribution is 0.529. The van der Waals surface area contributed by atoms with E-state index in [1.54, 1.807) is 6.33 Å². The van der Waals surface area contributed by atoms with E-state index in [0.29, 0.717) is 12.1 Å². The fourth-order valence-electron chi connectivity index (χ4n) is 2.97. The van der Waals surface area contributed by atoms with Crippen molar-refractivity contribution in [3.8, 4) is 0 Å². The number of fused-ring (bicyclic) bond motifs is 1. The highest BCUT2D eigenvalue weighted by molar-refractivity contribution is 5.82. The molecule has 3 rings (SSSR count). The Labute approximate surface area is 125 Å². The van der Waals surface area contributed by atoms with Crippen LogP contribution in [0, 0.1) is 0 Å². The topological polar surface area (TPSA) is 67.7 Å². The summed E-state index contributed by atoms with van der Waals surface area (Å²) in [5.74, 6) is 0.835. The Bertz CT molecular complexity index is 585. The summed E-state index contributed by atoms with van der Waals surface area (Å²) in [5.41, 5.74) is 1.84. The minimum absolute atomic E-state index is 0.499. The van der Waals surface area contributed by atoms with E-state index in [9.17, 15) is 0 Å². The van der Waals surface area contributed by atoms with E-state index >= 15 is 0 Å². The monoisotopic (exact) mass is 288 g/mol. The minimum atomic E-state index is 0.499. The zero-order valence-electron chi connectivity index (χ0n) is 12.8. The highest BCUT2D eigenvalue weighted by atomic mass is 15.2. The van der Waals surface area contributed by atoms with E-state index < -0.39 is 0 Å². The molecule has 2 heterocycles. The highest BCUT2D eigenvalue weighted by Gasteiger charge is 2.20. The van der Waals surface area contributed by atoms with Gasteiger partial charge >= 0.3 is 0 Å².